The summed E-state index contributed by atoms with van der Waals surface area (Å²) in [6.07, 6.45) is 27.2. The second-order valence-corrected chi connectivity index (χ2v) is 17.5. The molecule has 0 radical (unpaired) electrons. The molecule has 358 valence electrons. The highest BCUT2D eigenvalue weighted by Gasteiger charge is 2.51. The van der Waals surface area contributed by atoms with Crippen molar-refractivity contribution in [1.82, 2.24) is 0 Å². The molecule has 1 aliphatic rings. The molecule has 1 rings (SSSR count). The van der Waals surface area contributed by atoms with Gasteiger partial charge in [0.1, 0.15) is 43.2 Å². The molecular weight excluding hydrogens is 819 g/mol. The van der Waals surface area contributed by atoms with Crippen LogP contribution in [0.2, 0.25) is 0 Å². The van der Waals surface area contributed by atoms with Crippen LogP contribution in [0.3, 0.4) is 0 Å². The minimum atomic E-state index is -5.17. The summed E-state index contributed by atoms with van der Waals surface area (Å²) in [4.78, 5) is 35.7. The summed E-state index contributed by atoms with van der Waals surface area (Å²) >= 11 is 0. The number of ether oxygens (including phenoxy) is 2. The van der Waals surface area contributed by atoms with Gasteiger partial charge in [0.2, 0.25) is 0 Å². The Hall–Kier alpha value is -2.49. The van der Waals surface area contributed by atoms with Gasteiger partial charge in [-0.3, -0.25) is 18.6 Å². The molecule has 9 atom stereocenters. The second-order valence-electron chi connectivity index (χ2n) is 16.1. The van der Waals surface area contributed by atoms with Crippen molar-refractivity contribution in [2.24, 2.45) is 0 Å². The molecular formula is C47H81O14P. The Balaban J connectivity index is 2.56. The monoisotopic (exact) mass is 901 g/mol. The number of aliphatic hydroxyl groups excluding tert-OH is 6. The number of unbranched alkanes of at least 4 members (excludes halogenated alkanes) is 14. The normalized spacial score (nSPS) is 22.9. The smallest absolute Gasteiger partial charge is 0.462 e. The molecule has 7 N–H and O–H groups in total. The highest BCUT2D eigenvalue weighted by molar-refractivity contribution is 7.47. The molecule has 0 spiro atoms. The Morgan fingerprint density at radius 1 is 0.581 bits per heavy atom. The van der Waals surface area contributed by atoms with E-state index < -0.39 is 81.8 Å². The van der Waals surface area contributed by atoms with Gasteiger partial charge in [0, 0.05) is 12.8 Å². The highest BCUT2D eigenvalue weighted by Crippen LogP contribution is 2.47. The molecule has 1 fully saturated rings. The van der Waals surface area contributed by atoms with Crippen LogP contribution in [0.1, 0.15) is 162 Å². The van der Waals surface area contributed by atoms with Crippen LogP contribution in [0.4, 0.5) is 0 Å². The van der Waals surface area contributed by atoms with E-state index in [4.69, 9.17) is 18.5 Å². The standard InChI is InChI=1S/C47H81O14P/c1-3-5-7-9-11-13-15-17-18-20-22-24-26-28-30-34-41(50)60-39(37-59-62(56,57)61-47-45(54)43(52)42(51)44(53)46(47)55)36-58-40(49)35-31-33-38(48)32-29-27-25-23-21-19-16-14-12-10-8-6-4-2/h12,14,17-19,21,25,27,29,32,38-39,42-48,51-55H,3-11,13,15-16,20,22-24,26,28,30-31,33-37H2,1-2H3,(H,56,57)/b14-12-,18-17-,21-19-,27-25-,32-29+/t38-,39-,42?,43-,44+,45-,46-,47?/m1/s1. The fourth-order valence-electron chi connectivity index (χ4n) is 6.62. The number of esters is 2. The number of phosphoric acid groups is 1. The summed E-state index contributed by atoms with van der Waals surface area (Å²) in [5.41, 5.74) is 0. The van der Waals surface area contributed by atoms with Crippen molar-refractivity contribution in [2.45, 2.75) is 210 Å². The van der Waals surface area contributed by atoms with Crippen molar-refractivity contribution < 1.29 is 68.2 Å². The second kappa shape index (κ2) is 36.8. The van der Waals surface area contributed by atoms with Crippen LogP contribution in [0, 0.1) is 0 Å². The van der Waals surface area contributed by atoms with Crippen LogP contribution in [-0.4, -0.2) is 110 Å². The Labute approximate surface area is 371 Å². The molecule has 0 heterocycles. The van der Waals surface area contributed by atoms with E-state index in [9.17, 15) is 49.7 Å². The molecule has 62 heavy (non-hydrogen) atoms. The van der Waals surface area contributed by atoms with Crippen molar-refractivity contribution in [2.75, 3.05) is 13.2 Å². The van der Waals surface area contributed by atoms with Gasteiger partial charge in [0.25, 0.3) is 0 Å². The van der Waals surface area contributed by atoms with Gasteiger partial charge in [-0.1, -0.05) is 139 Å². The van der Waals surface area contributed by atoms with Gasteiger partial charge in [0.15, 0.2) is 6.10 Å². The predicted molar refractivity (Wildman–Crippen MR) is 241 cm³/mol. The number of aliphatic hydroxyl groups is 6. The number of phosphoric ester groups is 1. The first kappa shape index (κ1) is 57.5. The molecule has 1 aliphatic carbocycles. The zero-order chi connectivity index (χ0) is 45.9. The maximum absolute atomic E-state index is 12.8. The number of carbonyl (C=O) groups excluding carboxylic acids is 2. The minimum absolute atomic E-state index is 0.0442. The van der Waals surface area contributed by atoms with Crippen LogP contribution >= 0.6 is 7.82 Å². The van der Waals surface area contributed by atoms with Crippen LogP contribution in [0.25, 0.3) is 0 Å². The number of carbonyl (C=O) groups is 2. The van der Waals surface area contributed by atoms with Gasteiger partial charge >= 0.3 is 19.8 Å². The fraction of sp³-hybridized carbons (Fsp3) is 0.745. The molecule has 0 aromatic carbocycles. The van der Waals surface area contributed by atoms with Gasteiger partial charge in [-0.25, -0.2) is 4.57 Å². The summed E-state index contributed by atoms with van der Waals surface area (Å²) in [6, 6.07) is 0. The number of hydrogen-bond donors (Lipinski definition) is 7. The third-order valence-electron chi connectivity index (χ3n) is 10.4. The van der Waals surface area contributed by atoms with Crippen LogP contribution in [-0.2, 0) is 32.7 Å². The van der Waals surface area contributed by atoms with Crippen LogP contribution < -0.4 is 0 Å². The zero-order valence-corrected chi connectivity index (χ0v) is 38.4. The zero-order valence-electron chi connectivity index (χ0n) is 37.5. The van der Waals surface area contributed by atoms with E-state index >= 15 is 0 Å². The molecule has 0 aromatic rings. The van der Waals surface area contributed by atoms with Crippen molar-refractivity contribution in [3.63, 3.8) is 0 Å². The van der Waals surface area contributed by atoms with E-state index in [-0.39, 0.29) is 25.7 Å². The minimum Gasteiger partial charge on any atom is -0.462 e. The number of rotatable bonds is 37. The maximum Gasteiger partial charge on any atom is 0.472 e. The van der Waals surface area contributed by atoms with Gasteiger partial charge in [0.05, 0.1) is 12.7 Å². The number of allylic oxidation sites excluding steroid dienone is 9. The summed E-state index contributed by atoms with van der Waals surface area (Å²) in [6.45, 7) is 3.08. The molecule has 1 saturated carbocycles. The molecule has 0 bridgehead atoms. The summed E-state index contributed by atoms with van der Waals surface area (Å²) in [5, 5.41) is 60.4. The predicted octanol–water partition coefficient (Wildman–Crippen LogP) is 7.92. The third-order valence-corrected chi connectivity index (χ3v) is 11.4. The topological polar surface area (TPSA) is 230 Å². The Morgan fingerprint density at radius 3 is 1.69 bits per heavy atom. The van der Waals surface area contributed by atoms with Gasteiger partial charge in [-0.15, -0.1) is 0 Å². The van der Waals surface area contributed by atoms with Gasteiger partial charge in [-0.05, 0) is 70.6 Å². The molecule has 0 aromatic heterocycles. The van der Waals surface area contributed by atoms with Crippen molar-refractivity contribution >= 4 is 19.8 Å². The molecule has 14 nitrogen and oxygen atoms in total. The van der Waals surface area contributed by atoms with Crippen LogP contribution in [0.15, 0.2) is 60.8 Å². The van der Waals surface area contributed by atoms with E-state index in [2.05, 4.69) is 50.3 Å². The lowest BCUT2D eigenvalue weighted by molar-refractivity contribution is -0.220. The van der Waals surface area contributed by atoms with E-state index in [1.165, 1.54) is 57.8 Å². The Bertz CT molecular complexity index is 1330. The molecule has 0 amide bonds. The van der Waals surface area contributed by atoms with Gasteiger partial charge in [-0.2, -0.15) is 0 Å². The lowest BCUT2D eigenvalue weighted by Gasteiger charge is -2.41. The van der Waals surface area contributed by atoms with Gasteiger partial charge < -0.3 is 45.0 Å². The van der Waals surface area contributed by atoms with Crippen molar-refractivity contribution in [1.29, 1.82) is 0 Å². The first-order chi connectivity index (χ1) is 29.8. The van der Waals surface area contributed by atoms with E-state index in [0.29, 0.717) is 6.42 Å². The average molecular weight is 901 g/mol. The first-order valence-electron chi connectivity index (χ1n) is 23.2. The van der Waals surface area contributed by atoms with E-state index in [1.807, 2.05) is 12.2 Å². The van der Waals surface area contributed by atoms with Crippen LogP contribution in [0.5, 0.6) is 0 Å². The average Bonchev–Trinajstić information content (AvgIpc) is 3.25. The van der Waals surface area contributed by atoms with Crippen molar-refractivity contribution in [3.8, 4) is 0 Å². The lowest BCUT2D eigenvalue weighted by Crippen LogP contribution is -2.64. The summed E-state index contributed by atoms with van der Waals surface area (Å²) in [7, 11) is -5.17. The molecule has 15 heteroatoms. The first-order valence-corrected chi connectivity index (χ1v) is 24.7. The summed E-state index contributed by atoms with van der Waals surface area (Å²) < 4.78 is 33.4. The quantitative estimate of drug-likeness (QED) is 0.0103. The third kappa shape index (κ3) is 29.1. The Kier molecular flexibility index (Phi) is 34.2. The van der Waals surface area contributed by atoms with Crippen molar-refractivity contribution in [3.05, 3.63) is 60.8 Å². The SMILES string of the molecule is CCCCC/C=C\C/C=C\C/C=C\C=C\[C@@H](O)CCCC(=O)OC[C@H](COP(=O)(O)OC1[C@H](O)[C@H](O)C(O)[C@H](O)[C@H]1O)OC(=O)CCCCCCC/C=C\CCCCCCCC. The lowest BCUT2D eigenvalue weighted by atomic mass is 9.85. The maximum atomic E-state index is 12.8. The Morgan fingerprint density at radius 2 is 1.06 bits per heavy atom. The largest absolute Gasteiger partial charge is 0.472 e. The number of hydrogen-bond acceptors (Lipinski definition) is 13. The van der Waals surface area contributed by atoms with E-state index in [1.54, 1.807) is 12.2 Å². The molecule has 3 unspecified atom stereocenters. The summed E-state index contributed by atoms with van der Waals surface area (Å²) in [5.74, 6) is -1.31. The highest BCUT2D eigenvalue weighted by atomic mass is 31.2. The van der Waals surface area contributed by atoms with E-state index in [0.717, 1.165) is 57.8 Å². The molecule has 0 saturated heterocycles. The molecule has 0 aliphatic heterocycles. The fourth-order valence-corrected chi connectivity index (χ4v) is 7.59.